The Balaban J connectivity index is 1.91. The van der Waals surface area contributed by atoms with Crippen molar-refractivity contribution in [1.29, 1.82) is 0 Å². The molecular weight excluding hydrogens is 538 g/mol. The molecule has 0 saturated carbocycles. The maximum Gasteiger partial charge on any atom is 0.229 e. The second kappa shape index (κ2) is 32.1. The van der Waals surface area contributed by atoms with Gasteiger partial charge in [0.1, 0.15) is 0 Å². The number of amides is 2. The van der Waals surface area contributed by atoms with Gasteiger partial charge in [-0.3, -0.25) is 14.9 Å². The highest BCUT2D eigenvalue weighted by Crippen LogP contribution is 2.28. The molecular formula is C41H79NO2. The Bertz CT molecular complexity index is 580. The zero-order valence-electron chi connectivity index (χ0n) is 30.2. The van der Waals surface area contributed by atoms with Gasteiger partial charge in [0.05, 0.1) is 0 Å². The van der Waals surface area contributed by atoms with Crippen molar-refractivity contribution in [3.05, 3.63) is 0 Å². The van der Waals surface area contributed by atoms with Gasteiger partial charge in [0.2, 0.25) is 11.8 Å². The van der Waals surface area contributed by atoms with Crippen molar-refractivity contribution in [2.75, 3.05) is 0 Å². The van der Waals surface area contributed by atoms with Gasteiger partial charge in [-0.15, -0.1) is 0 Å². The molecule has 2 unspecified atom stereocenters. The molecule has 0 radical (unpaired) electrons. The zero-order chi connectivity index (χ0) is 31.8. The van der Waals surface area contributed by atoms with E-state index in [2.05, 4.69) is 19.2 Å². The van der Waals surface area contributed by atoms with Crippen LogP contribution in [0.25, 0.3) is 0 Å². The number of rotatable bonds is 34. The van der Waals surface area contributed by atoms with Crippen molar-refractivity contribution in [3.63, 3.8) is 0 Å². The molecule has 3 heteroatoms. The fourth-order valence-electron chi connectivity index (χ4n) is 7.26. The van der Waals surface area contributed by atoms with Crippen LogP contribution < -0.4 is 5.32 Å². The Morgan fingerprint density at radius 2 is 0.568 bits per heavy atom. The summed E-state index contributed by atoms with van der Waals surface area (Å²) in [5.41, 5.74) is 0. The van der Waals surface area contributed by atoms with Crippen LogP contribution in [0.1, 0.15) is 239 Å². The number of nitrogens with one attached hydrogen (secondary N) is 1. The average Bonchev–Trinajstić information content (AvgIpc) is 3.02. The van der Waals surface area contributed by atoms with Gasteiger partial charge < -0.3 is 0 Å². The zero-order valence-corrected chi connectivity index (χ0v) is 30.2. The Labute approximate surface area is 276 Å². The van der Waals surface area contributed by atoms with Gasteiger partial charge >= 0.3 is 0 Å². The van der Waals surface area contributed by atoms with E-state index in [1.54, 1.807) is 0 Å². The third-order valence-corrected chi connectivity index (χ3v) is 10.4. The number of carbonyl (C=O) groups is 2. The molecule has 3 nitrogen and oxygen atoms in total. The minimum atomic E-state index is -0.000756. The minimum absolute atomic E-state index is 0.000756. The van der Waals surface area contributed by atoms with E-state index in [0.29, 0.717) is 0 Å². The van der Waals surface area contributed by atoms with Crippen molar-refractivity contribution < 1.29 is 9.59 Å². The summed E-state index contributed by atoms with van der Waals surface area (Å²) in [6, 6.07) is 0. The first kappa shape index (κ1) is 41.2. The Hall–Kier alpha value is -0.860. The third kappa shape index (κ3) is 25.3. The van der Waals surface area contributed by atoms with Crippen LogP contribution in [-0.2, 0) is 9.59 Å². The first-order valence-electron chi connectivity index (χ1n) is 20.5. The monoisotopic (exact) mass is 618 g/mol. The molecule has 0 aromatic rings. The van der Waals surface area contributed by atoms with Gasteiger partial charge in [-0.2, -0.15) is 0 Å². The Kier molecular flexibility index (Phi) is 30.0. The van der Waals surface area contributed by atoms with Gasteiger partial charge in [-0.1, -0.05) is 219 Å². The van der Waals surface area contributed by atoms with Crippen molar-refractivity contribution in [2.24, 2.45) is 11.8 Å². The molecule has 260 valence electrons. The van der Waals surface area contributed by atoms with Gasteiger partial charge in [0.15, 0.2) is 0 Å². The molecule has 0 aromatic carbocycles. The van der Waals surface area contributed by atoms with E-state index in [4.69, 9.17) is 0 Å². The van der Waals surface area contributed by atoms with Crippen LogP contribution in [0.3, 0.4) is 0 Å². The topological polar surface area (TPSA) is 46.2 Å². The smallest absolute Gasteiger partial charge is 0.229 e. The van der Waals surface area contributed by atoms with Gasteiger partial charge in [0, 0.05) is 11.8 Å². The molecule has 44 heavy (non-hydrogen) atoms. The summed E-state index contributed by atoms with van der Waals surface area (Å²) in [7, 11) is 0. The first-order chi connectivity index (χ1) is 21.7. The number of imide groups is 1. The largest absolute Gasteiger partial charge is 0.296 e. The molecule has 1 aliphatic rings. The lowest BCUT2D eigenvalue weighted by molar-refractivity contribution is -0.140. The summed E-state index contributed by atoms with van der Waals surface area (Å²) in [5.74, 6) is 0.120. The molecule has 0 aromatic heterocycles. The lowest BCUT2D eigenvalue weighted by Crippen LogP contribution is -2.46. The number of carbonyl (C=O) groups excluding carboxylic acids is 2. The van der Waals surface area contributed by atoms with Crippen LogP contribution in [0.4, 0.5) is 0 Å². The maximum absolute atomic E-state index is 12.4. The van der Waals surface area contributed by atoms with Gasteiger partial charge in [-0.25, -0.2) is 0 Å². The van der Waals surface area contributed by atoms with Crippen molar-refractivity contribution in [1.82, 2.24) is 5.32 Å². The molecule has 0 bridgehead atoms. The van der Waals surface area contributed by atoms with Crippen molar-refractivity contribution in [2.45, 2.75) is 239 Å². The second-order valence-corrected chi connectivity index (χ2v) is 14.7. The third-order valence-electron chi connectivity index (χ3n) is 10.4. The van der Waals surface area contributed by atoms with Crippen LogP contribution in [-0.4, -0.2) is 11.8 Å². The SMILES string of the molecule is CCCCCCCCCCCCCCCCCCC1CC(CCCCCCCCCCCCCCCCCC)C(=O)NC1=O. The first-order valence-corrected chi connectivity index (χ1v) is 20.5. The molecule has 1 fully saturated rings. The predicted molar refractivity (Wildman–Crippen MR) is 193 cm³/mol. The molecule has 1 saturated heterocycles. The van der Waals surface area contributed by atoms with Crippen LogP contribution in [0.2, 0.25) is 0 Å². The molecule has 1 rings (SSSR count). The van der Waals surface area contributed by atoms with E-state index in [1.807, 2.05) is 0 Å². The highest BCUT2D eigenvalue weighted by atomic mass is 16.2. The highest BCUT2D eigenvalue weighted by Gasteiger charge is 2.33. The summed E-state index contributed by atoms with van der Waals surface area (Å²) < 4.78 is 0. The van der Waals surface area contributed by atoms with E-state index in [1.165, 1.54) is 193 Å². The molecule has 2 atom stereocenters. The van der Waals surface area contributed by atoms with Crippen LogP contribution in [0, 0.1) is 11.8 Å². The standard InChI is InChI=1S/C41H79NO2/c1-3-5-7-9-11-13-15-17-19-21-23-25-27-29-31-33-35-38-37-39(41(44)42-40(38)43)36-34-32-30-28-26-24-22-20-18-16-14-12-10-8-6-4-2/h38-39H,3-37H2,1-2H3,(H,42,43,44). The van der Waals surface area contributed by atoms with E-state index in [9.17, 15) is 9.59 Å². The molecule has 0 aliphatic carbocycles. The number of piperidine rings is 1. The van der Waals surface area contributed by atoms with E-state index in [-0.39, 0.29) is 23.7 Å². The van der Waals surface area contributed by atoms with E-state index >= 15 is 0 Å². The fourth-order valence-corrected chi connectivity index (χ4v) is 7.26. The maximum atomic E-state index is 12.4. The summed E-state index contributed by atoms with van der Waals surface area (Å²) in [6.45, 7) is 4.58. The van der Waals surface area contributed by atoms with Crippen LogP contribution in [0.5, 0.6) is 0 Å². The fraction of sp³-hybridized carbons (Fsp3) is 0.951. The van der Waals surface area contributed by atoms with E-state index in [0.717, 1.165) is 32.1 Å². The second-order valence-electron chi connectivity index (χ2n) is 14.7. The summed E-state index contributed by atoms with van der Waals surface area (Å²) >= 11 is 0. The van der Waals surface area contributed by atoms with E-state index < -0.39 is 0 Å². The summed E-state index contributed by atoms with van der Waals surface area (Å²) in [4.78, 5) is 24.9. The number of hydrogen-bond donors (Lipinski definition) is 1. The molecule has 2 amide bonds. The predicted octanol–water partition coefficient (Wildman–Crippen LogP) is 13.6. The molecule has 1 N–H and O–H groups in total. The van der Waals surface area contributed by atoms with Crippen molar-refractivity contribution >= 4 is 11.8 Å². The van der Waals surface area contributed by atoms with Crippen LogP contribution in [0.15, 0.2) is 0 Å². The Morgan fingerprint density at radius 3 is 0.795 bits per heavy atom. The van der Waals surface area contributed by atoms with Crippen LogP contribution >= 0.6 is 0 Å². The quantitative estimate of drug-likeness (QED) is 0.0576. The van der Waals surface area contributed by atoms with Gasteiger partial charge in [0.25, 0.3) is 0 Å². The van der Waals surface area contributed by atoms with Gasteiger partial charge in [-0.05, 0) is 19.3 Å². The normalized spacial score (nSPS) is 17.0. The average molecular weight is 618 g/mol. The lowest BCUT2D eigenvalue weighted by atomic mass is 9.83. The number of unbranched alkanes of at least 4 members (excludes halogenated alkanes) is 30. The number of hydrogen-bond acceptors (Lipinski definition) is 2. The molecule has 1 aliphatic heterocycles. The minimum Gasteiger partial charge on any atom is -0.296 e. The van der Waals surface area contributed by atoms with Crippen molar-refractivity contribution in [3.8, 4) is 0 Å². The summed E-state index contributed by atoms with van der Waals surface area (Å²) in [5, 5.41) is 2.71. The summed E-state index contributed by atoms with van der Waals surface area (Å²) in [6.07, 6.45) is 46.7. The molecule has 0 spiro atoms. The lowest BCUT2D eigenvalue weighted by Gasteiger charge is -2.27. The molecule has 1 heterocycles. The Morgan fingerprint density at radius 1 is 0.364 bits per heavy atom. The highest BCUT2D eigenvalue weighted by molar-refractivity contribution is 5.99.